The predicted octanol–water partition coefficient (Wildman–Crippen LogP) is 3.35. The van der Waals surface area contributed by atoms with Crippen LogP contribution >= 0.6 is 11.6 Å². The lowest BCUT2D eigenvalue weighted by Gasteiger charge is -2.14. The molecular formula is C20H19ClN4O3. The van der Waals surface area contributed by atoms with E-state index in [1.165, 1.54) is 18.1 Å². The van der Waals surface area contributed by atoms with E-state index >= 15 is 0 Å². The van der Waals surface area contributed by atoms with E-state index in [1.807, 2.05) is 24.4 Å². The summed E-state index contributed by atoms with van der Waals surface area (Å²) >= 11 is 6.17. The Bertz CT molecular complexity index is 1070. The van der Waals surface area contributed by atoms with Gasteiger partial charge in [-0.05, 0) is 36.4 Å². The smallest absolute Gasteiger partial charge is 0.253 e. The van der Waals surface area contributed by atoms with Gasteiger partial charge < -0.3 is 15.0 Å². The molecule has 3 aromatic rings. The standard InChI is InChI=1S/C20H19ClN4O3/c1-24(2)20(27)13-7-9-16(28-3)14(12-13)22-18(26)10-8-15-19(21)23-17-6-4-5-11-25(15)17/h4-12H,1-3H3,(H,22,26)/b10-8+. The number of methoxy groups -OCH3 is 1. The van der Waals surface area contributed by atoms with Gasteiger partial charge in [-0.1, -0.05) is 17.7 Å². The van der Waals surface area contributed by atoms with E-state index in [0.29, 0.717) is 33.5 Å². The molecule has 1 N–H and O–H groups in total. The molecular weight excluding hydrogens is 380 g/mol. The Labute approximate surface area is 167 Å². The third-order valence-corrected chi connectivity index (χ3v) is 4.30. The van der Waals surface area contributed by atoms with Crippen molar-refractivity contribution in [3.05, 3.63) is 65.1 Å². The molecule has 2 heterocycles. The molecule has 0 aliphatic carbocycles. The zero-order valence-electron chi connectivity index (χ0n) is 15.6. The predicted molar refractivity (Wildman–Crippen MR) is 109 cm³/mol. The van der Waals surface area contributed by atoms with Gasteiger partial charge in [0.15, 0.2) is 5.15 Å². The van der Waals surface area contributed by atoms with Crippen LogP contribution in [-0.2, 0) is 4.79 Å². The molecule has 0 radical (unpaired) electrons. The summed E-state index contributed by atoms with van der Waals surface area (Å²) in [5.74, 6) is -0.120. The van der Waals surface area contributed by atoms with E-state index in [0.717, 1.165) is 0 Å². The van der Waals surface area contributed by atoms with Crippen molar-refractivity contribution >= 4 is 40.8 Å². The highest BCUT2D eigenvalue weighted by Gasteiger charge is 2.13. The maximum atomic E-state index is 12.4. The van der Waals surface area contributed by atoms with Crippen molar-refractivity contribution in [3.8, 4) is 5.75 Å². The number of imidazole rings is 1. The minimum Gasteiger partial charge on any atom is -0.495 e. The van der Waals surface area contributed by atoms with Crippen LogP contribution in [0.3, 0.4) is 0 Å². The summed E-state index contributed by atoms with van der Waals surface area (Å²) in [5.41, 5.74) is 2.11. The minimum absolute atomic E-state index is 0.175. The van der Waals surface area contributed by atoms with Gasteiger partial charge in [0.1, 0.15) is 11.4 Å². The summed E-state index contributed by atoms with van der Waals surface area (Å²) < 4.78 is 7.05. The van der Waals surface area contributed by atoms with E-state index < -0.39 is 5.91 Å². The average Bonchev–Trinajstić information content (AvgIpc) is 3.00. The molecule has 0 saturated heterocycles. The molecule has 0 atom stereocenters. The molecule has 0 fully saturated rings. The van der Waals surface area contributed by atoms with Crippen molar-refractivity contribution in [1.82, 2.24) is 14.3 Å². The number of halogens is 1. The number of rotatable bonds is 5. The number of amides is 2. The van der Waals surface area contributed by atoms with Gasteiger partial charge in [-0.3, -0.25) is 14.0 Å². The zero-order chi connectivity index (χ0) is 20.3. The molecule has 0 bridgehead atoms. The molecule has 1 aromatic carbocycles. The minimum atomic E-state index is -0.394. The zero-order valence-corrected chi connectivity index (χ0v) is 16.4. The van der Waals surface area contributed by atoms with Crippen LogP contribution < -0.4 is 10.1 Å². The average molecular weight is 399 g/mol. The molecule has 8 heteroatoms. The van der Waals surface area contributed by atoms with Crippen molar-refractivity contribution in [3.63, 3.8) is 0 Å². The molecule has 3 rings (SSSR count). The van der Waals surface area contributed by atoms with Crippen LogP contribution in [0.4, 0.5) is 5.69 Å². The first-order chi connectivity index (χ1) is 13.4. The van der Waals surface area contributed by atoms with Gasteiger partial charge in [-0.25, -0.2) is 4.98 Å². The molecule has 144 valence electrons. The van der Waals surface area contributed by atoms with Crippen molar-refractivity contribution in [1.29, 1.82) is 0 Å². The van der Waals surface area contributed by atoms with E-state index in [1.54, 1.807) is 42.8 Å². The van der Waals surface area contributed by atoms with Gasteiger partial charge in [-0.2, -0.15) is 0 Å². The quantitative estimate of drug-likeness (QED) is 0.669. The largest absolute Gasteiger partial charge is 0.495 e. The van der Waals surface area contributed by atoms with Gasteiger partial charge in [-0.15, -0.1) is 0 Å². The molecule has 7 nitrogen and oxygen atoms in total. The molecule has 0 saturated carbocycles. The van der Waals surface area contributed by atoms with E-state index in [2.05, 4.69) is 10.3 Å². The number of nitrogens with one attached hydrogen (secondary N) is 1. The lowest BCUT2D eigenvalue weighted by Crippen LogP contribution is -2.22. The Morgan fingerprint density at radius 1 is 1.25 bits per heavy atom. The van der Waals surface area contributed by atoms with Crippen LogP contribution in [-0.4, -0.2) is 47.3 Å². The summed E-state index contributed by atoms with van der Waals surface area (Å²) in [5, 5.41) is 3.03. The van der Waals surface area contributed by atoms with Gasteiger partial charge in [0.05, 0.1) is 18.5 Å². The van der Waals surface area contributed by atoms with Crippen molar-refractivity contribution in [2.24, 2.45) is 0 Å². The molecule has 0 unspecified atom stereocenters. The van der Waals surface area contributed by atoms with E-state index in [-0.39, 0.29) is 5.91 Å². The fourth-order valence-corrected chi connectivity index (χ4v) is 2.90. The first-order valence-corrected chi connectivity index (χ1v) is 8.80. The Morgan fingerprint density at radius 2 is 2.04 bits per heavy atom. The summed E-state index contributed by atoms with van der Waals surface area (Å²) in [7, 11) is 4.81. The Balaban J connectivity index is 1.84. The maximum absolute atomic E-state index is 12.4. The summed E-state index contributed by atoms with van der Waals surface area (Å²) in [6.45, 7) is 0. The molecule has 2 aromatic heterocycles. The second-order valence-electron chi connectivity index (χ2n) is 6.15. The van der Waals surface area contributed by atoms with Gasteiger partial charge in [0, 0.05) is 31.9 Å². The summed E-state index contributed by atoms with van der Waals surface area (Å²) in [4.78, 5) is 30.3. The fraction of sp³-hybridized carbons (Fsp3) is 0.150. The lowest BCUT2D eigenvalue weighted by atomic mass is 10.1. The van der Waals surface area contributed by atoms with Crippen LogP contribution in [0.2, 0.25) is 5.15 Å². The third kappa shape index (κ3) is 3.99. The van der Waals surface area contributed by atoms with Gasteiger partial charge in [0.2, 0.25) is 5.91 Å². The third-order valence-electron chi connectivity index (χ3n) is 4.03. The lowest BCUT2D eigenvalue weighted by molar-refractivity contribution is -0.111. The second kappa shape index (κ2) is 8.14. The van der Waals surface area contributed by atoms with Crippen molar-refractivity contribution in [2.45, 2.75) is 0 Å². The van der Waals surface area contributed by atoms with Crippen LogP contribution in [0.1, 0.15) is 16.1 Å². The molecule has 2 amide bonds. The van der Waals surface area contributed by atoms with E-state index in [4.69, 9.17) is 16.3 Å². The van der Waals surface area contributed by atoms with Crippen molar-refractivity contribution < 1.29 is 14.3 Å². The first-order valence-electron chi connectivity index (χ1n) is 8.42. The van der Waals surface area contributed by atoms with Gasteiger partial charge in [0.25, 0.3) is 5.91 Å². The number of benzene rings is 1. The number of ether oxygens (including phenoxy) is 1. The number of fused-ring (bicyclic) bond motifs is 1. The maximum Gasteiger partial charge on any atom is 0.253 e. The number of nitrogens with zero attached hydrogens (tertiary/aromatic N) is 3. The number of carbonyl (C=O) groups is 2. The number of anilines is 1. The fourth-order valence-electron chi connectivity index (χ4n) is 2.66. The number of pyridine rings is 1. The monoisotopic (exact) mass is 398 g/mol. The van der Waals surface area contributed by atoms with Crippen LogP contribution in [0.15, 0.2) is 48.7 Å². The number of hydrogen-bond donors (Lipinski definition) is 1. The highest BCUT2D eigenvalue weighted by molar-refractivity contribution is 6.31. The van der Waals surface area contributed by atoms with Crippen LogP contribution in [0.5, 0.6) is 5.75 Å². The summed E-state index contributed by atoms with van der Waals surface area (Å²) in [6.07, 6.45) is 4.74. The normalized spacial score (nSPS) is 11.0. The Kier molecular flexibility index (Phi) is 5.65. The Morgan fingerprint density at radius 3 is 2.75 bits per heavy atom. The topological polar surface area (TPSA) is 75.9 Å². The molecule has 0 spiro atoms. The second-order valence-corrected chi connectivity index (χ2v) is 6.51. The number of aromatic nitrogens is 2. The van der Waals surface area contributed by atoms with Gasteiger partial charge >= 0.3 is 0 Å². The number of hydrogen-bond acceptors (Lipinski definition) is 4. The molecule has 28 heavy (non-hydrogen) atoms. The van der Waals surface area contributed by atoms with Crippen LogP contribution in [0.25, 0.3) is 11.7 Å². The SMILES string of the molecule is COc1ccc(C(=O)N(C)C)cc1NC(=O)/C=C/c1c(Cl)nc2ccccn12. The summed E-state index contributed by atoms with van der Waals surface area (Å²) in [6, 6.07) is 10.4. The van der Waals surface area contributed by atoms with Crippen molar-refractivity contribution in [2.75, 3.05) is 26.5 Å². The first kappa shape index (κ1) is 19.4. The highest BCUT2D eigenvalue weighted by atomic mass is 35.5. The van der Waals surface area contributed by atoms with Crippen LogP contribution in [0, 0.1) is 0 Å². The molecule has 0 aliphatic heterocycles. The highest BCUT2D eigenvalue weighted by Crippen LogP contribution is 2.26. The number of carbonyl (C=O) groups excluding carboxylic acids is 2. The Hall–Kier alpha value is -3.32. The van der Waals surface area contributed by atoms with E-state index in [9.17, 15) is 9.59 Å². The molecule has 0 aliphatic rings.